The van der Waals surface area contributed by atoms with Crippen molar-refractivity contribution in [2.75, 3.05) is 11.5 Å². The van der Waals surface area contributed by atoms with E-state index in [4.69, 9.17) is 0 Å². The lowest BCUT2D eigenvalue weighted by atomic mass is 10.0. The molecular weight excluding hydrogens is 372 g/mol. The summed E-state index contributed by atoms with van der Waals surface area (Å²) in [6, 6.07) is 0. The lowest BCUT2D eigenvalue weighted by Gasteiger charge is -2.13. The molecule has 0 rings (SSSR count). The maximum Gasteiger partial charge on any atom is 0.215 e. The first-order valence-electron chi connectivity index (χ1n) is 11.1. The third kappa shape index (κ3) is 14.4. The first-order chi connectivity index (χ1) is 13.1. The van der Waals surface area contributed by atoms with Crippen molar-refractivity contribution in [3.05, 3.63) is 11.6 Å². The zero-order valence-electron chi connectivity index (χ0n) is 18.2. The summed E-state index contributed by atoms with van der Waals surface area (Å²) < 4.78 is 0. The lowest BCUT2D eigenvalue weighted by Crippen LogP contribution is -2.16. The van der Waals surface area contributed by atoms with Gasteiger partial charge in [0.1, 0.15) is 0 Å². The highest BCUT2D eigenvalue weighted by molar-refractivity contribution is 8.14. The van der Waals surface area contributed by atoms with Crippen molar-refractivity contribution in [3.8, 4) is 0 Å². The summed E-state index contributed by atoms with van der Waals surface area (Å²) in [5, 5.41) is 0.234. The Kier molecular flexibility index (Phi) is 19.0. The summed E-state index contributed by atoms with van der Waals surface area (Å²) in [5.74, 6) is 1.46. The summed E-state index contributed by atoms with van der Waals surface area (Å²) in [6.07, 6.45) is 16.7. The number of hydrogen-bond donors (Lipinski definition) is 0. The van der Waals surface area contributed by atoms with Crippen LogP contribution in [0.1, 0.15) is 105 Å². The second-order valence-corrected chi connectivity index (χ2v) is 9.47. The van der Waals surface area contributed by atoms with E-state index in [2.05, 4.69) is 13.8 Å². The van der Waals surface area contributed by atoms with Gasteiger partial charge in [0.15, 0.2) is 5.12 Å². The predicted molar refractivity (Wildman–Crippen MR) is 125 cm³/mol. The van der Waals surface area contributed by atoms with Crippen molar-refractivity contribution in [1.82, 2.24) is 0 Å². The van der Waals surface area contributed by atoms with Crippen molar-refractivity contribution in [2.24, 2.45) is 5.92 Å². The molecule has 27 heavy (non-hydrogen) atoms. The third-order valence-electron chi connectivity index (χ3n) is 4.84. The van der Waals surface area contributed by atoms with Crippen LogP contribution in [0, 0.1) is 5.92 Å². The van der Waals surface area contributed by atoms with Gasteiger partial charge in [-0.2, -0.15) is 0 Å². The number of hydrogen-bond acceptors (Lipinski definition) is 4. The van der Waals surface area contributed by atoms with Gasteiger partial charge in [-0.3, -0.25) is 9.59 Å². The molecule has 1 unspecified atom stereocenters. The van der Waals surface area contributed by atoms with Crippen LogP contribution in [-0.4, -0.2) is 21.7 Å². The molecule has 0 aliphatic rings. The van der Waals surface area contributed by atoms with E-state index in [0.29, 0.717) is 5.57 Å². The molecule has 0 bridgehead atoms. The molecule has 0 aromatic carbocycles. The summed E-state index contributed by atoms with van der Waals surface area (Å²) in [5.41, 5.74) is 0.687. The first kappa shape index (κ1) is 26.8. The van der Waals surface area contributed by atoms with Gasteiger partial charge in [0, 0.05) is 17.1 Å². The SMILES string of the molecule is C/C=C(/C(=O)SCCCCCCCC)C(C)C(=O)SCCCCCCCC. The van der Waals surface area contributed by atoms with Crippen LogP contribution in [0.15, 0.2) is 11.6 Å². The van der Waals surface area contributed by atoms with Crippen molar-refractivity contribution in [1.29, 1.82) is 0 Å². The molecule has 0 saturated heterocycles. The Morgan fingerprint density at radius 2 is 1.19 bits per heavy atom. The minimum absolute atomic E-state index is 0.0899. The van der Waals surface area contributed by atoms with Crippen molar-refractivity contribution < 1.29 is 9.59 Å². The van der Waals surface area contributed by atoms with E-state index < -0.39 is 0 Å². The summed E-state index contributed by atoms with van der Waals surface area (Å²) >= 11 is 2.80. The predicted octanol–water partition coefficient (Wildman–Crippen LogP) is 7.81. The van der Waals surface area contributed by atoms with Gasteiger partial charge in [-0.1, -0.05) is 115 Å². The number of allylic oxidation sites excluding steroid dienone is 1. The van der Waals surface area contributed by atoms with E-state index in [-0.39, 0.29) is 16.1 Å². The van der Waals surface area contributed by atoms with Crippen molar-refractivity contribution in [3.63, 3.8) is 0 Å². The third-order valence-corrected chi connectivity index (χ3v) is 6.96. The fourth-order valence-electron chi connectivity index (χ4n) is 2.98. The number of rotatable bonds is 17. The van der Waals surface area contributed by atoms with E-state index in [1.54, 1.807) is 0 Å². The average Bonchev–Trinajstić information content (AvgIpc) is 2.66. The molecule has 0 heterocycles. The summed E-state index contributed by atoms with van der Waals surface area (Å²) in [6.45, 7) is 8.21. The largest absolute Gasteiger partial charge is 0.287 e. The topological polar surface area (TPSA) is 34.1 Å². The molecule has 0 amide bonds. The van der Waals surface area contributed by atoms with Crippen LogP contribution in [0.5, 0.6) is 0 Å². The Bertz CT molecular complexity index is 419. The molecule has 0 saturated carbocycles. The molecule has 1 atom stereocenters. The zero-order chi connectivity index (χ0) is 20.3. The molecule has 0 radical (unpaired) electrons. The highest BCUT2D eigenvalue weighted by atomic mass is 32.2. The number of carbonyl (C=O) groups excluding carboxylic acids is 2. The van der Waals surface area contributed by atoms with Gasteiger partial charge in [-0.25, -0.2) is 0 Å². The van der Waals surface area contributed by atoms with E-state index in [9.17, 15) is 9.59 Å². The molecular formula is C23H42O2S2. The molecule has 2 nitrogen and oxygen atoms in total. The van der Waals surface area contributed by atoms with Crippen LogP contribution in [-0.2, 0) is 9.59 Å². The average molecular weight is 415 g/mol. The molecule has 0 aromatic rings. The molecule has 0 N–H and O–H groups in total. The van der Waals surface area contributed by atoms with Crippen molar-refractivity contribution >= 4 is 33.8 Å². The minimum Gasteiger partial charge on any atom is -0.287 e. The second-order valence-electron chi connectivity index (χ2n) is 7.30. The van der Waals surface area contributed by atoms with Crippen LogP contribution in [0.3, 0.4) is 0 Å². The Balaban J connectivity index is 4.00. The number of carbonyl (C=O) groups is 2. The normalized spacial score (nSPS) is 13.0. The molecule has 0 aromatic heterocycles. The Hall–Kier alpha value is -0.220. The second kappa shape index (κ2) is 19.1. The van der Waals surface area contributed by atoms with Crippen LogP contribution in [0.4, 0.5) is 0 Å². The summed E-state index contributed by atoms with van der Waals surface area (Å²) in [4.78, 5) is 24.9. The molecule has 0 spiro atoms. The lowest BCUT2D eigenvalue weighted by molar-refractivity contribution is -0.115. The molecule has 158 valence electrons. The first-order valence-corrected chi connectivity index (χ1v) is 13.0. The molecule has 0 aliphatic carbocycles. The van der Waals surface area contributed by atoms with Crippen LogP contribution in [0.25, 0.3) is 0 Å². The zero-order valence-corrected chi connectivity index (χ0v) is 19.8. The van der Waals surface area contributed by atoms with Crippen LogP contribution in [0.2, 0.25) is 0 Å². The monoisotopic (exact) mass is 414 g/mol. The van der Waals surface area contributed by atoms with Gasteiger partial charge < -0.3 is 0 Å². The van der Waals surface area contributed by atoms with E-state index in [0.717, 1.165) is 24.3 Å². The van der Waals surface area contributed by atoms with E-state index in [1.165, 1.54) is 87.7 Å². The maximum absolute atomic E-state index is 12.5. The highest BCUT2D eigenvalue weighted by Crippen LogP contribution is 2.25. The Morgan fingerprint density at radius 1 is 0.741 bits per heavy atom. The molecule has 0 aliphatic heterocycles. The number of thioether (sulfide) groups is 2. The fourth-order valence-corrected chi connectivity index (χ4v) is 4.90. The van der Waals surface area contributed by atoms with Gasteiger partial charge in [0.25, 0.3) is 0 Å². The van der Waals surface area contributed by atoms with Gasteiger partial charge in [0.2, 0.25) is 5.12 Å². The van der Waals surface area contributed by atoms with E-state index >= 15 is 0 Å². The quantitative estimate of drug-likeness (QED) is 0.179. The smallest absolute Gasteiger partial charge is 0.215 e. The van der Waals surface area contributed by atoms with Gasteiger partial charge in [-0.15, -0.1) is 0 Å². The Morgan fingerprint density at radius 3 is 1.67 bits per heavy atom. The van der Waals surface area contributed by atoms with Crippen LogP contribution < -0.4 is 0 Å². The highest BCUT2D eigenvalue weighted by Gasteiger charge is 2.23. The number of unbranched alkanes of at least 4 members (excludes halogenated alkanes) is 10. The van der Waals surface area contributed by atoms with Gasteiger partial charge in [0.05, 0.1) is 5.92 Å². The van der Waals surface area contributed by atoms with Gasteiger partial charge >= 0.3 is 0 Å². The molecule has 4 heteroatoms. The van der Waals surface area contributed by atoms with Gasteiger partial charge in [-0.05, 0) is 19.8 Å². The fraction of sp³-hybridized carbons (Fsp3) is 0.826. The minimum atomic E-state index is -0.287. The Labute approximate surface area is 177 Å². The van der Waals surface area contributed by atoms with Crippen molar-refractivity contribution in [2.45, 2.75) is 105 Å². The standard InChI is InChI=1S/C23H42O2S2/c1-5-8-10-12-14-16-18-26-22(24)20(4)21(7-3)23(25)27-19-17-15-13-11-9-6-2/h7,20H,5-6,8-19H2,1-4H3/b21-7+. The maximum atomic E-state index is 12.5. The summed E-state index contributed by atoms with van der Waals surface area (Å²) in [7, 11) is 0. The molecule has 0 fully saturated rings. The van der Waals surface area contributed by atoms with E-state index in [1.807, 2.05) is 19.9 Å². The van der Waals surface area contributed by atoms with Crippen LogP contribution >= 0.6 is 23.5 Å².